The molecule has 6 nitrogen and oxygen atoms in total. The highest BCUT2D eigenvalue weighted by atomic mass is 32.1. The van der Waals surface area contributed by atoms with Gasteiger partial charge in [-0.2, -0.15) is 0 Å². The van der Waals surface area contributed by atoms with Gasteiger partial charge in [-0.25, -0.2) is 4.98 Å². The minimum Gasteiger partial charge on any atom is -0.373 e. The van der Waals surface area contributed by atoms with E-state index < -0.39 is 0 Å². The highest BCUT2D eigenvalue weighted by molar-refractivity contribution is 7.13. The van der Waals surface area contributed by atoms with Crippen LogP contribution >= 0.6 is 11.3 Å². The number of hydrogen-bond acceptors (Lipinski definition) is 6. The lowest BCUT2D eigenvalue weighted by atomic mass is 10.1. The first kappa shape index (κ1) is 13.4. The predicted molar refractivity (Wildman–Crippen MR) is 75.7 cm³/mol. The van der Waals surface area contributed by atoms with Crippen LogP contribution in [0.25, 0.3) is 0 Å². The van der Waals surface area contributed by atoms with E-state index in [0.29, 0.717) is 16.5 Å². The van der Waals surface area contributed by atoms with E-state index in [1.807, 2.05) is 13.8 Å². The first-order valence-electron chi connectivity index (χ1n) is 5.87. The van der Waals surface area contributed by atoms with Gasteiger partial charge in [-0.1, -0.05) is 25.2 Å². The van der Waals surface area contributed by atoms with E-state index in [1.54, 1.807) is 24.7 Å². The first-order chi connectivity index (χ1) is 9.10. The molecule has 0 fully saturated rings. The molecule has 0 bridgehead atoms. The fourth-order valence-electron chi connectivity index (χ4n) is 1.50. The first-order valence-corrected chi connectivity index (χ1v) is 6.75. The molecule has 0 aliphatic heterocycles. The molecule has 2 rings (SSSR count). The van der Waals surface area contributed by atoms with Gasteiger partial charge in [0.25, 0.3) is 5.91 Å². The van der Waals surface area contributed by atoms with Crippen LogP contribution in [0, 0.1) is 0 Å². The zero-order valence-corrected chi connectivity index (χ0v) is 11.8. The summed E-state index contributed by atoms with van der Waals surface area (Å²) in [4.78, 5) is 16.5. The summed E-state index contributed by atoms with van der Waals surface area (Å²) in [6.07, 6.45) is 0. The molecule has 0 spiro atoms. The summed E-state index contributed by atoms with van der Waals surface area (Å²) in [6.45, 7) is 4.07. The largest absolute Gasteiger partial charge is 0.373 e. The number of hydrogen-bond donors (Lipinski definition) is 2. The Balaban J connectivity index is 2.27. The maximum Gasteiger partial charge on any atom is 0.257 e. The Kier molecular flexibility index (Phi) is 4.06. The summed E-state index contributed by atoms with van der Waals surface area (Å²) in [5.74, 6) is 0.715. The zero-order chi connectivity index (χ0) is 13.8. The van der Waals surface area contributed by atoms with Gasteiger partial charge >= 0.3 is 0 Å². The SMILES string of the molecule is CNc1cc(C(=O)Nc2nncs2)cc(C(C)C)n1. The summed E-state index contributed by atoms with van der Waals surface area (Å²) < 4.78 is 0. The smallest absolute Gasteiger partial charge is 0.257 e. The number of anilines is 2. The fourth-order valence-corrected chi connectivity index (χ4v) is 1.94. The molecule has 0 aliphatic rings. The van der Waals surface area contributed by atoms with Gasteiger partial charge in [0.1, 0.15) is 11.3 Å². The Morgan fingerprint density at radius 3 is 2.74 bits per heavy atom. The van der Waals surface area contributed by atoms with Gasteiger partial charge in [0.2, 0.25) is 5.13 Å². The maximum atomic E-state index is 12.1. The van der Waals surface area contributed by atoms with E-state index in [9.17, 15) is 4.79 Å². The van der Waals surface area contributed by atoms with Gasteiger partial charge in [-0.15, -0.1) is 10.2 Å². The average Bonchev–Trinajstić information content (AvgIpc) is 2.90. The molecular formula is C12H15N5OS. The highest BCUT2D eigenvalue weighted by Gasteiger charge is 2.12. The third kappa shape index (κ3) is 3.25. The Labute approximate surface area is 115 Å². The van der Waals surface area contributed by atoms with Gasteiger partial charge in [0.05, 0.1) is 0 Å². The van der Waals surface area contributed by atoms with Crippen LogP contribution in [0.5, 0.6) is 0 Å². The van der Waals surface area contributed by atoms with Crippen molar-refractivity contribution in [1.29, 1.82) is 0 Å². The van der Waals surface area contributed by atoms with Crippen LogP contribution in [0.1, 0.15) is 35.8 Å². The standard InChI is InChI=1S/C12H15N5OS/c1-7(2)9-4-8(5-10(13-3)15-9)11(18)16-12-17-14-6-19-12/h4-7H,1-3H3,(H,13,15)(H,16,17,18). The van der Waals surface area contributed by atoms with Crippen LogP contribution < -0.4 is 10.6 Å². The summed E-state index contributed by atoms with van der Waals surface area (Å²) in [6, 6.07) is 3.50. The second kappa shape index (κ2) is 5.75. The van der Waals surface area contributed by atoms with E-state index in [-0.39, 0.29) is 11.8 Å². The zero-order valence-electron chi connectivity index (χ0n) is 11.0. The molecule has 0 atom stereocenters. The molecule has 19 heavy (non-hydrogen) atoms. The molecule has 0 radical (unpaired) electrons. The molecule has 1 amide bonds. The van der Waals surface area contributed by atoms with Gasteiger partial charge in [0, 0.05) is 18.3 Å². The molecule has 7 heteroatoms. The summed E-state index contributed by atoms with van der Waals surface area (Å²) in [7, 11) is 1.78. The normalized spacial score (nSPS) is 10.5. The average molecular weight is 277 g/mol. The monoisotopic (exact) mass is 277 g/mol. The van der Waals surface area contributed by atoms with Crippen molar-refractivity contribution in [3.8, 4) is 0 Å². The van der Waals surface area contributed by atoms with Crippen molar-refractivity contribution < 1.29 is 4.79 Å². The fraction of sp³-hybridized carbons (Fsp3) is 0.333. The van der Waals surface area contributed by atoms with Crippen molar-refractivity contribution >= 4 is 28.2 Å². The molecule has 100 valence electrons. The van der Waals surface area contributed by atoms with Crippen LogP contribution in [0.15, 0.2) is 17.6 Å². The number of pyridine rings is 1. The van der Waals surface area contributed by atoms with E-state index in [1.165, 1.54) is 11.3 Å². The molecule has 2 heterocycles. The Morgan fingerprint density at radius 2 is 2.16 bits per heavy atom. The van der Waals surface area contributed by atoms with Gasteiger partial charge in [-0.05, 0) is 18.1 Å². The van der Waals surface area contributed by atoms with Crippen LogP contribution in [-0.2, 0) is 0 Å². The molecule has 2 aromatic heterocycles. The lowest BCUT2D eigenvalue weighted by Crippen LogP contribution is -2.13. The Bertz CT molecular complexity index is 568. The van der Waals surface area contributed by atoms with Crippen LogP contribution in [-0.4, -0.2) is 28.1 Å². The lowest BCUT2D eigenvalue weighted by molar-refractivity contribution is 0.102. The van der Waals surface area contributed by atoms with Crippen molar-refractivity contribution in [3.63, 3.8) is 0 Å². The number of aromatic nitrogens is 3. The van der Waals surface area contributed by atoms with E-state index in [0.717, 1.165) is 5.69 Å². The summed E-state index contributed by atoms with van der Waals surface area (Å²) in [5, 5.41) is 13.6. The molecule has 0 saturated heterocycles. The Morgan fingerprint density at radius 1 is 1.37 bits per heavy atom. The van der Waals surface area contributed by atoms with E-state index in [2.05, 4.69) is 25.8 Å². The summed E-state index contributed by atoms with van der Waals surface area (Å²) in [5.41, 5.74) is 2.99. The highest BCUT2D eigenvalue weighted by Crippen LogP contribution is 2.18. The molecule has 0 unspecified atom stereocenters. The van der Waals surface area contributed by atoms with E-state index in [4.69, 9.17) is 0 Å². The number of carbonyl (C=O) groups excluding carboxylic acids is 1. The molecule has 0 aromatic carbocycles. The third-order valence-corrected chi connectivity index (χ3v) is 3.14. The van der Waals surface area contributed by atoms with Crippen LogP contribution in [0.4, 0.5) is 10.9 Å². The van der Waals surface area contributed by atoms with Gasteiger partial charge in [-0.3, -0.25) is 10.1 Å². The van der Waals surface area contributed by atoms with E-state index >= 15 is 0 Å². The second-order valence-corrected chi connectivity index (χ2v) is 5.10. The van der Waals surface area contributed by atoms with Crippen molar-refractivity contribution in [3.05, 3.63) is 28.9 Å². The number of nitrogens with zero attached hydrogens (tertiary/aromatic N) is 3. The number of carbonyl (C=O) groups is 1. The number of nitrogens with one attached hydrogen (secondary N) is 2. The van der Waals surface area contributed by atoms with Gasteiger partial charge < -0.3 is 5.32 Å². The molecule has 0 aliphatic carbocycles. The second-order valence-electron chi connectivity index (χ2n) is 4.27. The van der Waals surface area contributed by atoms with Crippen LogP contribution in [0.2, 0.25) is 0 Å². The number of amides is 1. The molecule has 2 aromatic rings. The third-order valence-electron chi connectivity index (χ3n) is 2.54. The summed E-state index contributed by atoms with van der Waals surface area (Å²) >= 11 is 1.28. The van der Waals surface area contributed by atoms with Crippen molar-refractivity contribution in [1.82, 2.24) is 15.2 Å². The Hall–Kier alpha value is -2.02. The van der Waals surface area contributed by atoms with Gasteiger partial charge in [0.15, 0.2) is 0 Å². The van der Waals surface area contributed by atoms with Crippen molar-refractivity contribution in [2.45, 2.75) is 19.8 Å². The minimum atomic E-state index is -0.211. The molecular weight excluding hydrogens is 262 g/mol. The maximum absolute atomic E-state index is 12.1. The minimum absolute atomic E-state index is 0.211. The molecule has 2 N–H and O–H groups in total. The lowest BCUT2D eigenvalue weighted by Gasteiger charge is -2.10. The predicted octanol–water partition coefficient (Wildman–Crippen LogP) is 2.35. The topological polar surface area (TPSA) is 79.8 Å². The quantitative estimate of drug-likeness (QED) is 0.896. The van der Waals surface area contributed by atoms with Crippen molar-refractivity contribution in [2.24, 2.45) is 0 Å². The number of rotatable bonds is 4. The van der Waals surface area contributed by atoms with Crippen LogP contribution in [0.3, 0.4) is 0 Å². The molecule has 0 saturated carbocycles. The van der Waals surface area contributed by atoms with Crippen molar-refractivity contribution in [2.75, 3.05) is 17.7 Å².